The lowest BCUT2D eigenvalue weighted by molar-refractivity contribution is 0.0303. The van der Waals surface area contributed by atoms with Crippen LogP contribution in [-0.2, 0) is 4.74 Å². The molecule has 0 radical (unpaired) electrons. The normalized spacial score (nSPS) is 14.1. The Morgan fingerprint density at radius 1 is 1.07 bits per heavy atom. The van der Waals surface area contributed by atoms with E-state index in [0.29, 0.717) is 41.7 Å². The number of hydrogen-bond donors (Lipinski definition) is 1. The summed E-state index contributed by atoms with van der Waals surface area (Å²) < 4.78 is 5.39. The van der Waals surface area contributed by atoms with Crippen LogP contribution < -0.4 is 5.32 Å². The Labute approximate surface area is 177 Å². The van der Waals surface area contributed by atoms with Crippen molar-refractivity contribution in [3.8, 4) is 10.4 Å². The minimum atomic E-state index is -0.172. The van der Waals surface area contributed by atoms with Crippen LogP contribution >= 0.6 is 22.7 Å². The molecule has 1 aromatic carbocycles. The molecule has 0 atom stereocenters. The third-order valence-electron chi connectivity index (χ3n) is 4.99. The number of hydrogen-bond acceptors (Lipinski definition) is 5. The predicted molar refractivity (Wildman–Crippen MR) is 118 cm³/mol. The van der Waals surface area contributed by atoms with Crippen LogP contribution in [0.5, 0.6) is 0 Å². The standard InChI is InChI=1S/C22H22N2O3S2/c1-14-8-13-28-18(14)20(25)23-21-17(22(26)24-9-11-27-12-10-24)15(2)19(29-21)16-6-4-3-5-7-16/h3-8,13H,9-12H2,1-2H3,(H,23,25). The molecule has 0 unspecified atom stereocenters. The number of amides is 2. The van der Waals surface area contributed by atoms with Crippen LogP contribution in [-0.4, -0.2) is 43.0 Å². The van der Waals surface area contributed by atoms with Gasteiger partial charge in [-0.2, -0.15) is 0 Å². The predicted octanol–water partition coefficient (Wildman–Crippen LogP) is 4.82. The lowest BCUT2D eigenvalue weighted by atomic mass is 10.1. The van der Waals surface area contributed by atoms with Crippen molar-refractivity contribution in [1.82, 2.24) is 4.90 Å². The molecule has 4 rings (SSSR count). The number of nitrogens with zero attached hydrogens (tertiary/aromatic N) is 1. The highest BCUT2D eigenvalue weighted by atomic mass is 32.1. The zero-order valence-corrected chi connectivity index (χ0v) is 18.0. The molecule has 1 N–H and O–H groups in total. The molecular weight excluding hydrogens is 404 g/mol. The maximum Gasteiger partial charge on any atom is 0.266 e. The van der Waals surface area contributed by atoms with Crippen LogP contribution in [0.4, 0.5) is 5.00 Å². The molecule has 2 amide bonds. The minimum absolute atomic E-state index is 0.0533. The third kappa shape index (κ3) is 3.99. The monoisotopic (exact) mass is 426 g/mol. The topological polar surface area (TPSA) is 58.6 Å². The Morgan fingerprint density at radius 2 is 1.79 bits per heavy atom. The van der Waals surface area contributed by atoms with E-state index in [9.17, 15) is 9.59 Å². The van der Waals surface area contributed by atoms with Crippen LogP contribution in [0.2, 0.25) is 0 Å². The molecule has 0 saturated carbocycles. The smallest absolute Gasteiger partial charge is 0.266 e. The quantitative estimate of drug-likeness (QED) is 0.651. The number of aryl methyl sites for hydroxylation is 1. The lowest BCUT2D eigenvalue weighted by Gasteiger charge is -2.27. The van der Waals surface area contributed by atoms with E-state index >= 15 is 0 Å². The second-order valence-electron chi connectivity index (χ2n) is 6.92. The average molecular weight is 427 g/mol. The van der Waals surface area contributed by atoms with Gasteiger partial charge < -0.3 is 15.0 Å². The summed E-state index contributed by atoms with van der Waals surface area (Å²) in [5.74, 6) is -0.225. The summed E-state index contributed by atoms with van der Waals surface area (Å²) in [6.07, 6.45) is 0. The number of benzene rings is 1. The zero-order chi connectivity index (χ0) is 20.4. The Balaban J connectivity index is 1.74. The van der Waals surface area contributed by atoms with Crippen LogP contribution in [0.3, 0.4) is 0 Å². The Morgan fingerprint density at radius 3 is 2.45 bits per heavy atom. The number of morpholine rings is 1. The van der Waals surface area contributed by atoms with Crippen LogP contribution in [0.25, 0.3) is 10.4 Å². The fraction of sp³-hybridized carbons (Fsp3) is 0.273. The molecule has 0 bridgehead atoms. The number of carbonyl (C=O) groups excluding carboxylic acids is 2. The summed E-state index contributed by atoms with van der Waals surface area (Å²) in [6, 6.07) is 11.9. The van der Waals surface area contributed by atoms with Gasteiger partial charge in [-0.25, -0.2) is 0 Å². The number of nitrogens with one attached hydrogen (secondary N) is 1. The van der Waals surface area contributed by atoms with Gasteiger partial charge in [0.05, 0.1) is 23.7 Å². The first-order valence-electron chi connectivity index (χ1n) is 9.47. The third-order valence-corrected chi connectivity index (χ3v) is 7.26. The first-order valence-corrected chi connectivity index (χ1v) is 11.2. The number of carbonyl (C=O) groups is 2. The molecule has 5 nitrogen and oxygen atoms in total. The van der Waals surface area contributed by atoms with Crippen LogP contribution in [0.15, 0.2) is 41.8 Å². The lowest BCUT2D eigenvalue weighted by Crippen LogP contribution is -2.41. The molecule has 1 saturated heterocycles. The van der Waals surface area contributed by atoms with E-state index in [4.69, 9.17) is 4.74 Å². The van der Waals surface area contributed by atoms with Gasteiger partial charge >= 0.3 is 0 Å². The maximum absolute atomic E-state index is 13.3. The average Bonchev–Trinajstić information content (AvgIpc) is 3.32. The van der Waals surface area contributed by atoms with Gasteiger partial charge in [-0.05, 0) is 42.0 Å². The molecule has 3 aromatic rings. The van der Waals surface area contributed by atoms with E-state index < -0.39 is 0 Å². The molecule has 1 fully saturated rings. The van der Waals surface area contributed by atoms with Crippen molar-refractivity contribution in [2.75, 3.05) is 31.6 Å². The van der Waals surface area contributed by atoms with E-state index in [1.165, 1.54) is 22.7 Å². The molecule has 0 spiro atoms. The van der Waals surface area contributed by atoms with Crippen molar-refractivity contribution >= 4 is 39.5 Å². The number of thiophene rings is 2. The van der Waals surface area contributed by atoms with Gasteiger partial charge in [0.2, 0.25) is 0 Å². The Bertz CT molecular complexity index is 1030. The molecule has 150 valence electrons. The molecule has 3 heterocycles. The van der Waals surface area contributed by atoms with Gasteiger partial charge in [0.25, 0.3) is 11.8 Å². The summed E-state index contributed by atoms with van der Waals surface area (Å²) in [6.45, 7) is 6.07. The van der Waals surface area contributed by atoms with Crippen molar-refractivity contribution in [2.45, 2.75) is 13.8 Å². The van der Waals surface area contributed by atoms with E-state index in [1.54, 1.807) is 4.90 Å². The molecule has 1 aliphatic heterocycles. The highest BCUT2D eigenvalue weighted by molar-refractivity contribution is 7.20. The molecule has 1 aliphatic rings. The first kappa shape index (κ1) is 19.8. The summed E-state index contributed by atoms with van der Waals surface area (Å²) >= 11 is 2.86. The molecular formula is C22H22N2O3S2. The van der Waals surface area contributed by atoms with Gasteiger partial charge in [-0.15, -0.1) is 22.7 Å². The largest absolute Gasteiger partial charge is 0.378 e. The van der Waals surface area contributed by atoms with E-state index in [-0.39, 0.29) is 11.8 Å². The van der Waals surface area contributed by atoms with Crippen LogP contribution in [0, 0.1) is 13.8 Å². The van der Waals surface area contributed by atoms with E-state index in [0.717, 1.165) is 21.6 Å². The summed E-state index contributed by atoms with van der Waals surface area (Å²) in [5, 5.41) is 5.52. The van der Waals surface area contributed by atoms with Crippen molar-refractivity contribution in [3.05, 3.63) is 63.3 Å². The van der Waals surface area contributed by atoms with Crippen molar-refractivity contribution in [3.63, 3.8) is 0 Å². The molecule has 2 aromatic heterocycles. The van der Waals surface area contributed by atoms with Crippen molar-refractivity contribution in [2.24, 2.45) is 0 Å². The molecule has 29 heavy (non-hydrogen) atoms. The van der Waals surface area contributed by atoms with Gasteiger partial charge in [0, 0.05) is 18.0 Å². The number of anilines is 1. The van der Waals surface area contributed by atoms with Gasteiger partial charge in [0.15, 0.2) is 0 Å². The fourth-order valence-electron chi connectivity index (χ4n) is 3.41. The van der Waals surface area contributed by atoms with Gasteiger partial charge in [0.1, 0.15) is 5.00 Å². The second kappa shape index (κ2) is 8.49. The van der Waals surface area contributed by atoms with Crippen molar-refractivity contribution in [1.29, 1.82) is 0 Å². The summed E-state index contributed by atoms with van der Waals surface area (Å²) in [7, 11) is 0. The van der Waals surface area contributed by atoms with Crippen molar-refractivity contribution < 1.29 is 14.3 Å². The highest BCUT2D eigenvalue weighted by Gasteiger charge is 2.28. The fourth-order valence-corrected chi connectivity index (χ4v) is 5.43. The zero-order valence-electron chi connectivity index (χ0n) is 16.4. The number of rotatable bonds is 4. The minimum Gasteiger partial charge on any atom is -0.378 e. The van der Waals surface area contributed by atoms with Gasteiger partial charge in [-0.3, -0.25) is 9.59 Å². The number of ether oxygens (including phenoxy) is 1. The second-order valence-corrected chi connectivity index (χ2v) is 8.85. The summed E-state index contributed by atoms with van der Waals surface area (Å²) in [5.41, 5.74) is 3.46. The van der Waals surface area contributed by atoms with E-state index in [2.05, 4.69) is 5.32 Å². The van der Waals surface area contributed by atoms with Gasteiger partial charge in [-0.1, -0.05) is 30.3 Å². The highest BCUT2D eigenvalue weighted by Crippen LogP contribution is 2.41. The Kier molecular flexibility index (Phi) is 5.80. The Hall–Kier alpha value is -2.48. The first-order chi connectivity index (χ1) is 14.1. The summed E-state index contributed by atoms with van der Waals surface area (Å²) in [4.78, 5) is 29.7. The van der Waals surface area contributed by atoms with Crippen LogP contribution in [0.1, 0.15) is 31.2 Å². The SMILES string of the molecule is Cc1ccsc1C(=O)Nc1sc(-c2ccccc2)c(C)c1C(=O)N1CCOCC1. The molecule has 0 aliphatic carbocycles. The molecule has 7 heteroatoms. The maximum atomic E-state index is 13.3. The van der Waals surface area contributed by atoms with E-state index in [1.807, 2.05) is 55.6 Å².